The van der Waals surface area contributed by atoms with E-state index in [-0.39, 0.29) is 11.8 Å². The second-order valence-electron chi connectivity index (χ2n) is 7.68. The summed E-state index contributed by atoms with van der Waals surface area (Å²) in [6.07, 6.45) is 1.15. The van der Waals surface area contributed by atoms with Gasteiger partial charge < -0.3 is 19.7 Å². The van der Waals surface area contributed by atoms with Gasteiger partial charge in [-0.15, -0.1) is 0 Å². The number of rotatable bonds is 5. The molecular formula is C23H27N3O4. The average molecular weight is 409 g/mol. The molecule has 1 N–H and O–H groups in total. The Morgan fingerprint density at radius 2 is 1.73 bits per heavy atom. The molecule has 1 saturated heterocycles. The van der Waals surface area contributed by atoms with Crippen LogP contribution in [0, 0.1) is 0 Å². The lowest BCUT2D eigenvalue weighted by molar-refractivity contribution is -0.116. The van der Waals surface area contributed by atoms with E-state index in [0.29, 0.717) is 31.5 Å². The first-order valence-electron chi connectivity index (χ1n) is 10.2. The number of carbonyl (C=O) groups is 2. The summed E-state index contributed by atoms with van der Waals surface area (Å²) in [6, 6.07) is 11.5. The number of nitrogens with zero attached hydrogens (tertiary/aromatic N) is 2. The second-order valence-corrected chi connectivity index (χ2v) is 7.68. The molecule has 7 heteroatoms. The SMILES string of the molecule is COc1ccc(CN2CCN(C(=O)c3ccc4c(c3)CCC(=O)N4)CC2)cc1OC. The smallest absolute Gasteiger partial charge is 0.253 e. The summed E-state index contributed by atoms with van der Waals surface area (Å²) in [5.41, 5.74) is 3.71. The zero-order valence-corrected chi connectivity index (χ0v) is 17.4. The van der Waals surface area contributed by atoms with Crippen LogP contribution in [0.1, 0.15) is 27.9 Å². The van der Waals surface area contributed by atoms with E-state index in [9.17, 15) is 9.59 Å². The molecular weight excluding hydrogens is 382 g/mol. The first kappa shape index (κ1) is 20.2. The lowest BCUT2D eigenvalue weighted by Crippen LogP contribution is -2.48. The third-order valence-corrected chi connectivity index (χ3v) is 5.76. The Morgan fingerprint density at radius 3 is 2.47 bits per heavy atom. The highest BCUT2D eigenvalue weighted by molar-refractivity contribution is 5.98. The maximum atomic E-state index is 13.0. The number of nitrogens with one attached hydrogen (secondary N) is 1. The van der Waals surface area contributed by atoms with Crippen LogP contribution in [-0.2, 0) is 17.8 Å². The van der Waals surface area contributed by atoms with Crippen molar-refractivity contribution in [1.29, 1.82) is 0 Å². The van der Waals surface area contributed by atoms with Gasteiger partial charge in [-0.3, -0.25) is 14.5 Å². The predicted molar refractivity (Wildman–Crippen MR) is 114 cm³/mol. The Morgan fingerprint density at radius 1 is 0.967 bits per heavy atom. The Bertz CT molecular complexity index is 951. The van der Waals surface area contributed by atoms with E-state index in [0.717, 1.165) is 47.9 Å². The molecule has 0 spiro atoms. The molecule has 1 fully saturated rings. The van der Waals surface area contributed by atoms with Gasteiger partial charge in [0, 0.05) is 50.4 Å². The Balaban J connectivity index is 1.35. The molecule has 2 aromatic rings. The highest BCUT2D eigenvalue weighted by Gasteiger charge is 2.24. The number of ether oxygens (including phenoxy) is 2. The van der Waals surface area contributed by atoms with Gasteiger partial charge in [-0.25, -0.2) is 0 Å². The summed E-state index contributed by atoms with van der Waals surface area (Å²) in [7, 11) is 3.27. The zero-order valence-electron chi connectivity index (χ0n) is 17.4. The number of fused-ring (bicyclic) bond motifs is 1. The average Bonchev–Trinajstić information content (AvgIpc) is 2.78. The molecule has 4 rings (SSSR count). The molecule has 2 heterocycles. The Kier molecular flexibility index (Phi) is 5.90. The third-order valence-electron chi connectivity index (χ3n) is 5.76. The minimum Gasteiger partial charge on any atom is -0.493 e. The number of anilines is 1. The van der Waals surface area contributed by atoms with Gasteiger partial charge in [-0.05, 0) is 47.9 Å². The van der Waals surface area contributed by atoms with Crippen LogP contribution in [0.15, 0.2) is 36.4 Å². The first-order chi connectivity index (χ1) is 14.6. The molecule has 30 heavy (non-hydrogen) atoms. The fraction of sp³-hybridized carbons (Fsp3) is 0.391. The van der Waals surface area contributed by atoms with Crippen LogP contribution >= 0.6 is 0 Å². The quantitative estimate of drug-likeness (QED) is 0.822. The van der Waals surface area contributed by atoms with Gasteiger partial charge >= 0.3 is 0 Å². The summed E-state index contributed by atoms with van der Waals surface area (Å²) in [6.45, 7) is 3.84. The molecule has 0 unspecified atom stereocenters. The normalized spacial score (nSPS) is 16.6. The summed E-state index contributed by atoms with van der Waals surface area (Å²) >= 11 is 0. The van der Waals surface area contributed by atoms with Gasteiger partial charge in [0.05, 0.1) is 14.2 Å². The summed E-state index contributed by atoms with van der Waals surface area (Å²) in [5.74, 6) is 1.54. The van der Waals surface area contributed by atoms with Crippen LogP contribution in [0.3, 0.4) is 0 Å². The standard InChI is InChI=1S/C23H27N3O4/c1-29-20-7-3-16(13-21(20)30-2)15-25-9-11-26(12-10-25)23(28)18-4-6-19-17(14-18)5-8-22(27)24-19/h3-4,6-7,13-14H,5,8-12,15H2,1-2H3,(H,24,27). The molecule has 158 valence electrons. The number of methoxy groups -OCH3 is 2. The van der Waals surface area contributed by atoms with Crippen LogP contribution in [0.5, 0.6) is 11.5 Å². The van der Waals surface area contributed by atoms with Gasteiger partial charge in [0.15, 0.2) is 11.5 Å². The van der Waals surface area contributed by atoms with E-state index in [1.54, 1.807) is 14.2 Å². The van der Waals surface area contributed by atoms with Gasteiger partial charge in [0.2, 0.25) is 5.91 Å². The number of hydrogen-bond acceptors (Lipinski definition) is 5. The van der Waals surface area contributed by atoms with Gasteiger partial charge in [0.25, 0.3) is 5.91 Å². The number of benzene rings is 2. The van der Waals surface area contributed by atoms with Gasteiger partial charge in [-0.1, -0.05) is 6.07 Å². The van der Waals surface area contributed by atoms with E-state index in [1.807, 2.05) is 41.3 Å². The van der Waals surface area contributed by atoms with Crippen LogP contribution < -0.4 is 14.8 Å². The minimum atomic E-state index is 0.0344. The van der Waals surface area contributed by atoms with Crippen LogP contribution in [0.25, 0.3) is 0 Å². The van der Waals surface area contributed by atoms with Crippen LogP contribution in [0.2, 0.25) is 0 Å². The molecule has 0 radical (unpaired) electrons. The summed E-state index contributed by atoms with van der Waals surface area (Å²) in [4.78, 5) is 28.7. The fourth-order valence-corrected chi connectivity index (χ4v) is 4.05. The summed E-state index contributed by atoms with van der Waals surface area (Å²) < 4.78 is 10.7. The molecule has 2 aliphatic heterocycles. The molecule has 2 amide bonds. The topological polar surface area (TPSA) is 71.1 Å². The van der Waals surface area contributed by atoms with E-state index in [2.05, 4.69) is 10.2 Å². The zero-order chi connectivity index (χ0) is 21.1. The molecule has 0 atom stereocenters. The lowest BCUT2D eigenvalue weighted by atomic mass is 10.00. The fourth-order valence-electron chi connectivity index (χ4n) is 4.05. The van der Waals surface area contributed by atoms with E-state index in [4.69, 9.17) is 9.47 Å². The number of amides is 2. The van der Waals surface area contributed by atoms with Crippen molar-refractivity contribution in [1.82, 2.24) is 9.80 Å². The van der Waals surface area contributed by atoms with Crippen LogP contribution in [0.4, 0.5) is 5.69 Å². The van der Waals surface area contributed by atoms with Crippen molar-refractivity contribution in [3.8, 4) is 11.5 Å². The molecule has 0 bridgehead atoms. The van der Waals surface area contributed by atoms with Gasteiger partial charge in [-0.2, -0.15) is 0 Å². The molecule has 0 saturated carbocycles. The Labute approximate surface area is 176 Å². The number of hydrogen-bond donors (Lipinski definition) is 1. The molecule has 2 aliphatic rings. The van der Waals surface area contributed by atoms with E-state index >= 15 is 0 Å². The Hall–Kier alpha value is -3.06. The molecule has 0 aromatic heterocycles. The number of carbonyl (C=O) groups excluding carboxylic acids is 2. The van der Waals surface area contributed by atoms with Crippen molar-refractivity contribution in [2.24, 2.45) is 0 Å². The van der Waals surface area contributed by atoms with Crippen molar-refractivity contribution in [2.45, 2.75) is 19.4 Å². The maximum absolute atomic E-state index is 13.0. The van der Waals surface area contributed by atoms with Gasteiger partial charge in [0.1, 0.15) is 0 Å². The highest BCUT2D eigenvalue weighted by atomic mass is 16.5. The van der Waals surface area contributed by atoms with Crippen molar-refractivity contribution in [3.63, 3.8) is 0 Å². The first-order valence-corrected chi connectivity index (χ1v) is 10.2. The molecule has 7 nitrogen and oxygen atoms in total. The lowest BCUT2D eigenvalue weighted by Gasteiger charge is -2.35. The monoisotopic (exact) mass is 409 g/mol. The molecule has 0 aliphatic carbocycles. The second kappa shape index (κ2) is 8.75. The van der Waals surface area contributed by atoms with Crippen molar-refractivity contribution in [3.05, 3.63) is 53.1 Å². The predicted octanol–water partition coefficient (Wildman–Crippen LogP) is 2.55. The van der Waals surface area contributed by atoms with E-state index < -0.39 is 0 Å². The minimum absolute atomic E-state index is 0.0344. The van der Waals surface area contributed by atoms with Crippen molar-refractivity contribution < 1.29 is 19.1 Å². The maximum Gasteiger partial charge on any atom is 0.253 e. The van der Waals surface area contributed by atoms with Crippen molar-refractivity contribution in [2.75, 3.05) is 45.7 Å². The van der Waals surface area contributed by atoms with E-state index in [1.165, 1.54) is 0 Å². The number of aryl methyl sites for hydroxylation is 1. The summed E-state index contributed by atoms with van der Waals surface area (Å²) in [5, 5.41) is 2.86. The highest BCUT2D eigenvalue weighted by Crippen LogP contribution is 2.28. The largest absolute Gasteiger partial charge is 0.493 e. The van der Waals surface area contributed by atoms with Crippen LogP contribution in [-0.4, -0.2) is 62.0 Å². The number of piperazine rings is 1. The molecule has 2 aromatic carbocycles. The third kappa shape index (κ3) is 4.26. The van der Waals surface area contributed by atoms with Crippen molar-refractivity contribution >= 4 is 17.5 Å².